The second-order valence-corrected chi connectivity index (χ2v) is 4.15. The lowest BCUT2D eigenvalue weighted by Gasteiger charge is -2.06. The Morgan fingerprint density at radius 1 is 1.00 bits per heavy atom. The minimum atomic E-state index is 0.564. The van der Waals surface area contributed by atoms with Crippen LogP contribution >= 0.6 is 12.2 Å². The number of nitrogens with zero attached hydrogens (tertiary/aromatic N) is 1. The first kappa shape index (κ1) is 12.5. The van der Waals surface area contributed by atoms with Gasteiger partial charge in [-0.1, -0.05) is 29.8 Å². The molecule has 3 heteroatoms. The quantitative estimate of drug-likeness (QED) is 0.597. The highest BCUT2D eigenvalue weighted by molar-refractivity contribution is 7.78. The monoisotopic (exact) mass is 255 g/mol. The standard InChI is InChI=1S/C15H13NOS/c1-12-2-6-14(7-3-12)17-15-8-4-13(5-9-15)10-16-11-18/h2-9H,10H2,1H3. The minimum absolute atomic E-state index is 0.564. The van der Waals surface area contributed by atoms with E-state index in [9.17, 15) is 0 Å². The van der Waals surface area contributed by atoms with E-state index >= 15 is 0 Å². The molecule has 2 aromatic rings. The molecule has 0 saturated heterocycles. The van der Waals surface area contributed by atoms with Gasteiger partial charge >= 0.3 is 0 Å². The van der Waals surface area contributed by atoms with Gasteiger partial charge in [0.15, 0.2) is 0 Å². The molecule has 0 heterocycles. The summed E-state index contributed by atoms with van der Waals surface area (Å²) in [6.07, 6.45) is 0. The van der Waals surface area contributed by atoms with Gasteiger partial charge in [0.2, 0.25) is 0 Å². The summed E-state index contributed by atoms with van der Waals surface area (Å²) >= 11 is 4.53. The highest BCUT2D eigenvalue weighted by atomic mass is 32.1. The second kappa shape index (κ2) is 6.10. The molecule has 0 aromatic heterocycles. The molecule has 0 aliphatic rings. The first-order valence-electron chi connectivity index (χ1n) is 5.65. The van der Waals surface area contributed by atoms with Crippen LogP contribution in [-0.4, -0.2) is 5.16 Å². The molecule has 0 aliphatic carbocycles. The maximum Gasteiger partial charge on any atom is 0.127 e. The van der Waals surface area contributed by atoms with Crippen molar-refractivity contribution in [3.05, 3.63) is 59.7 Å². The maximum atomic E-state index is 5.73. The van der Waals surface area contributed by atoms with Crippen LogP contribution in [0.25, 0.3) is 0 Å². The zero-order valence-corrected chi connectivity index (χ0v) is 10.9. The van der Waals surface area contributed by atoms with Crippen LogP contribution in [0.3, 0.4) is 0 Å². The van der Waals surface area contributed by atoms with E-state index in [0.29, 0.717) is 6.54 Å². The van der Waals surface area contributed by atoms with E-state index in [1.54, 1.807) is 0 Å². The van der Waals surface area contributed by atoms with Crippen molar-refractivity contribution < 1.29 is 4.74 Å². The van der Waals surface area contributed by atoms with Crippen molar-refractivity contribution in [2.75, 3.05) is 0 Å². The molecule has 2 nitrogen and oxygen atoms in total. The van der Waals surface area contributed by atoms with Gasteiger partial charge in [-0.3, -0.25) is 0 Å². The van der Waals surface area contributed by atoms with E-state index in [4.69, 9.17) is 4.74 Å². The Morgan fingerprint density at radius 2 is 1.56 bits per heavy atom. The van der Waals surface area contributed by atoms with Gasteiger partial charge < -0.3 is 4.74 Å². The van der Waals surface area contributed by atoms with Crippen molar-refractivity contribution >= 4 is 17.4 Å². The third-order valence-corrected chi connectivity index (χ3v) is 2.64. The summed E-state index contributed by atoms with van der Waals surface area (Å²) in [6, 6.07) is 15.8. The average Bonchev–Trinajstić information content (AvgIpc) is 2.41. The molecule has 0 N–H and O–H groups in total. The largest absolute Gasteiger partial charge is 0.457 e. The van der Waals surface area contributed by atoms with Gasteiger partial charge in [-0.05, 0) is 49.0 Å². The number of benzene rings is 2. The topological polar surface area (TPSA) is 21.6 Å². The van der Waals surface area contributed by atoms with Gasteiger partial charge in [-0.2, -0.15) is 0 Å². The molecule has 2 aromatic carbocycles. The van der Waals surface area contributed by atoms with Crippen LogP contribution in [0.15, 0.2) is 53.5 Å². The summed E-state index contributed by atoms with van der Waals surface area (Å²) in [5.74, 6) is 1.65. The van der Waals surface area contributed by atoms with Crippen molar-refractivity contribution in [1.82, 2.24) is 0 Å². The van der Waals surface area contributed by atoms with E-state index < -0.39 is 0 Å². The molecule has 0 atom stereocenters. The number of rotatable bonds is 4. The Bertz CT molecular complexity index is 554. The van der Waals surface area contributed by atoms with E-state index in [1.165, 1.54) is 5.56 Å². The second-order valence-electron chi connectivity index (χ2n) is 3.97. The predicted octanol–water partition coefficient (Wildman–Crippen LogP) is 4.39. The van der Waals surface area contributed by atoms with Gasteiger partial charge in [-0.25, -0.2) is 4.99 Å². The van der Waals surface area contributed by atoms with Crippen LogP contribution in [0.2, 0.25) is 0 Å². The molecule has 0 aliphatic heterocycles. The summed E-state index contributed by atoms with van der Waals surface area (Å²) < 4.78 is 5.73. The Morgan fingerprint density at radius 3 is 2.11 bits per heavy atom. The number of ether oxygens (including phenoxy) is 1. The summed E-state index contributed by atoms with van der Waals surface area (Å²) in [6.45, 7) is 2.61. The predicted molar refractivity (Wildman–Crippen MR) is 76.4 cm³/mol. The number of aryl methyl sites for hydroxylation is 1. The lowest BCUT2D eigenvalue weighted by molar-refractivity contribution is 0.482. The Labute approximate surface area is 112 Å². The Kier molecular flexibility index (Phi) is 4.24. The van der Waals surface area contributed by atoms with Gasteiger partial charge in [0.05, 0.1) is 11.7 Å². The van der Waals surface area contributed by atoms with Crippen molar-refractivity contribution in [2.24, 2.45) is 4.99 Å². The number of hydrogen-bond acceptors (Lipinski definition) is 3. The lowest BCUT2D eigenvalue weighted by atomic mass is 10.2. The van der Waals surface area contributed by atoms with Gasteiger partial charge in [-0.15, -0.1) is 0 Å². The Balaban J connectivity index is 2.05. The third kappa shape index (κ3) is 3.52. The zero-order chi connectivity index (χ0) is 12.8. The molecule has 0 saturated carbocycles. The fraction of sp³-hybridized carbons (Fsp3) is 0.133. The number of aliphatic imine (C=N–C) groups is 1. The molecular weight excluding hydrogens is 242 g/mol. The highest BCUT2D eigenvalue weighted by Crippen LogP contribution is 2.22. The molecule has 0 unspecified atom stereocenters. The smallest absolute Gasteiger partial charge is 0.127 e. The zero-order valence-electron chi connectivity index (χ0n) is 10.1. The van der Waals surface area contributed by atoms with Crippen molar-refractivity contribution in [3.8, 4) is 11.5 Å². The van der Waals surface area contributed by atoms with Crippen LogP contribution in [-0.2, 0) is 6.54 Å². The molecule has 0 fully saturated rings. The number of hydrogen-bond donors (Lipinski definition) is 0. The van der Waals surface area contributed by atoms with Crippen LogP contribution in [0.5, 0.6) is 11.5 Å². The van der Waals surface area contributed by atoms with Gasteiger partial charge in [0.1, 0.15) is 11.5 Å². The fourth-order valence-corrected chi connectivity index (χ4v) is 1.59. The van der Waals surface area contributed by atoms with Crippen LogP contribution in [0, 0.1) is 6.92 Å². The summed E-state index contributed by atoms with van der Waals surface area (Å²) in [5.41, 5.74) is 2.30. The molecule has 18 heavy (non-hydrogen) atoms. The molecule has 0 amide bonds. The molecule has 0 spiro atoms. The van der Waals surface area contributed by atoms with Crippen molar-refractivity contribution in [3.63, 3.8) is 0 Å². The fourth-order valence-electron chi connectivity index (χ4n) is 1.53. The number of isothiocyanates is 1. The van der Waals surface area contributed by atoms with E-state index in [0.717, 1.165) is 17.1 Å². The van der Waals surface area contributed by atoms with E-state index in [1.807, 2.05) is 48.5 Å². The lowest BCUT2D eigenvalue weighted by Crippen LogP contribution is -1.86. The Hall–Kier alpha value is -1.96. The molecule has 90 valence electrons. The van der Waals surface area contributed by atoms with Gasteiger partial charge in [0.25, 0.3) is 0 Å². The first-order valence-corrected chi connectivity index (χ1v) is 6.06. The third-order valence-electron chi connectivity index (χ3n) is 2.51. The van der Waals surface area contributed by atoms with Crippen LogP contribution in [0.1, 0.15) is 11.1 Å². The molecule has 0 bridgehead atoms. The summed E-state index contributed by atoms with van der Waals surface area (Å²) in [4.78, 5) is 3.89. The minimum Gasteiger partial charge on any atom is -0.457 e. The van der Waals surface area contributed by atoms with E-state index in [-0.39, 0.29) is 0 Å². The van der Waals surface area contributed by atoms with E-state index in [2.05, 4.69) is 29.3 Å². The normalized spacial score (nSPS) is 9.61. The van der Waals surface area contributed by atoms with Crippen LogP contribution in [0.4, 0.5) is 0 Å². The molecule has 2 rings (SSSR count). The number of thiocarbonyl (C=S) groups is 1. The maximum absolute atomic E-state index is 5.73. The van der Waals surface area contributed by atoms with Crippen molar-refractivity contribution in [2.45, 2.75) is 13.5 Å². The summed E-state index contributed by atoms with van der Waals surface area (Å²) in [7, 11) is 0. The van der Waals surface area contributed by atoms with Gasteiger partial charge in [0, 0.05) is 0 Å². The first-order chi connectivity index (χ1) is 8.78. The van der Waals surface area contributed by atoms with Crippen LogP contribution < -0.4 is 4.74 Å². The SMILES string of the molecule is Cc1ccc(Oc2ccc(CN=C=S)cc2)cc1. The average molecular weight is 255 g/mol. The molecule has 0 radical (unpaired) electrons. The summed E-state index contributed by atoms with van der Waals surface area (Å²) in [5, 5.41) is 2.35. The highest BCUT2D eigenvalue weighted by Gasteiger charge is 1.97. The van der Waals surface area contributed by atoms with Crippen molar-refractivity contribution in [1.29, 1.82) is 0 Å². The molecular formula is C15H13NOS.